The number of ether oxygens (including phenoxy) is 1. The van der Waals surface area contributed by atoms with E-state index in [0.29, 0.717) is 51.9 Å². The van der Waals surface area contributed by atoms with Crippen LogP contribution >= 0.6 is 0 Å². The van der Waals surface area contributed by atoms with E-state index in [0.717, 1.165) is 23.3 Å². The minimum Gasteiger partial charge on any atom is -0.497 e. The topological polar surface area (TPSA) is 108 Å². The first-order valence-corrected chi connectivity index (χ1v) is 13.7. The number of piperidine rings is 1. The lowest BCUT2D eigenvalue weighted by atomic mass is 9.89. The molecule has 2 aromatic rings. The van der Waals surface area contributed by atoms with Crippen molar-refractivity contribution in [1.29, 1.82) is 0 Å². The summed E-state index contributed by atoms with van der Waals surface area (Å²) in [6.45, 7) is 1.98. The number of likely N-dealkylation sites (tertiary alicyclic amines) is 1. The lowest BCUT2D eigenvalue weighted by Gasteiger charge is -2.38. The molecule has 2 saturated heterocycles. The van der Waals surface area contributed by atoms with Crippen LogP contribution in [-0.2, 0) is 32.1 Å². The molecule has 4 rings (SSSR count). The minimum atomic E-state index is -0.754. The van der Waals surface area contributed by atoms with Gasteiger partial charge in [-0.15, -0.1) is 0 Å². The lowest BCUT2D eigenvalue weighted by molar-refractivity contribution is -0.144. The van der Waals surface area contributed by atoms with E-state index in [1.807, 2.05) is 54.6 Å². The monoisotopic (exact) mass is 534 g/mol. The molecule has 2 N–H and O–H groups in total. The van der Waals surface area contributed by atoms with Gasteiger partial charge in [0.1, 0.15) is 11.8 Å². The highest BCUT2D eigenvalue weighted by Crippen LogP contribution is 2.23. The molecule has 208 valence electrons. The summed E-state index contributed by atoms with van der Waals surface area (Å²) in [5.41, 5.74) is 1.95. The molecule has 0 bridgehead atoms. The smallest absolute Gasteiger partial charge is 0.243 e. The number of carbonyl (C=O) groups excluding carboxylic acids is 4. The Morgan fingerprint density at radius 1 is 1.08 bits per heavy atom. The second-order valence-electron chi connectivity index (χ2n) is 10.2. The molecule has 2 aromatic carbocycles. The zero-order chi connectivity index (χ0) is 27.6. The average Bonchev–Trinajstić information content (AvgIpc) is 3.38. The van der Waals surface area contributed by atoms with Crippen LogP contribution in [0, 0.1) is 5.92 Å². The van der Waals surface area contributed by atoms with Gasteiger partial charge in [0.05, 0.1) is 7.11 Å². The van der Waals surface area contributed by atoms with E-state index in [4.69, 9.17) is 4.74 Å². The van der Waals surface area contributed by atoms with Gasteiger partial charge in [-0.2, -0.15) is 0 Å². The molecule has 0 spiro atoms. The highest BCUT2D eigenvalue weighted by molar-refractivity contribution is 5.88. The average molecular weight is 535 g/mol. The maximum Gasteiger partial charge on any atom is 0.243 e. The molecule has 0 aliphatic carbocycles. The van der Waals surface area contributed by atoms with Crippen molar-refractivity contribution in [3.05, 3.63) is 65.7 Å². The summed E-state index contributed by atoms with van der Waals surface area (Å²) < 4.78 is 5.23. The van der Waals surface area contributed by atoms with Crippen molar-refractivity contribution < 1.29 is 23.9 Å². The van der Waals surface area contributed by atoms with Crippen LogP contribution in [0.2, 0.25) is 0 Å². The van der Waals surface area contributed by atoms with Gasteiger partial charge in [-0.25, -0.2) is 0 Å². The number of rotatable bonds is 12. The maximum atomic E-state index is 13.8. The normalized spacial score (nSPS) is 17.9. The first-order chi connectivity index (χ1) is 18.9. The summed E-state index contributed by atoms with van der Waals surface area (Å²) in [4.78, 5) is 55.2. The molecule has 2 unspecified atom stereocenters. The number of methoxy groups -OCH3 is 1. The molecular formula is C30H38N4O5. The van der Waals surface area contributed by atoms with Crippen molar-refractivity contribution in [2.45, 2.75) is 51.1 Å². The fraction of sp³-hybridized carbons (Fsp3) is 0.467. The van der Waals surface area contributed by atoms with Crippen molar-refractivity contribution in [1.82, 2.24) is 20.4 Å². The third-order valence-corrected chi connectivity index (χ3v) is 7.55. The Bertz CT molecular complexity index is 1130. The molecule has 9 heteroatoms. The van der Waals surface area contributed by atoms with E-state index in [2.05, 4.69) is 10.6 Å². The van der Waals surface area contributed by atoms with Crippen LogP contribution in [0.5, 0.6) is 5.75 Å². The van der Waals surface area contributed by atoms with Gasteiger partial charge >= 0.3 is 0 Å². The Morgan fingerprint density at radius 3 is 2.49 bits per heavy atom. The largest absolute Gasteiger partial charge is 0.497 e. The number of benzene rings is 2. The summed E-state index contributed by atoms with van der Waals surface area (Å²) >= 11 is 0. The SMILES string of the molecule is COc1ccc(CCC(=O)N(CCN2CCCC2=O)C(C(=O)NCc2ccccc2)C2CCC(=O)NC2)cc1. The minimum absolute atomic E-state index is 0.0465. The first-order valence-electron chi connectivity index (χ1n) is 13.7. The van der Waals surface area contributed by atoms with Gasteiger partial charge in [-0.3, -0.25) is 19.2 Å². The summed E-state index contributed by atoms with van der Waals surface area (Å²) in [6, 6.07) is 16.5. The van der Waals surface area contributed by atoms with Gasteiger partial charge in [0.25, 0.3) is 0 Å². The fourth-order valence-electron chi connectivity index (χ4n) is 5.30. The van der Waals surface area contributed by atoms with Crippen LogP contribution in [0.4, 0.5) is 0 Å². The third-order valence-electron chi connectivity index (χ3n) is 7.55. The molecular weight excluding hydrogens is 496 g/mol. The Morgan fingerprint density at radius 2 is 1.85 bits per heavy atom. The molecule has 2 aliphatic rings. The molecule has 0 radical (unpaired) electrons. The molecule has 0 saturated carbocycles. The number of nitrogens with zero attached hydrogens (tertiary/aromatic N) is 2. The lowest BCUT2D eigenvalue weighted by Crippen LogP contribution is -2.58. The number of hydrogen-bond donors (Lipinski definition) is 2. The summed E-state index contributed by atoms with van der Waals surface area (Å²) in [7, 11) is 1.61. The zero-order valence-corrected chi connectivity index (χ0v) is 22.6. The fourth-order valence-corrected chi connectivity index (χ4v) is 5.30. The predicted octanol–water partition coefficient (Wildman–Crippen LogP) is 2.29. The van der Waals surface area contributed by atoms with Crippen molar-refractivity contribution in [3.63, 3.8) is 0 Å². The van der Waals surface area contributed by atoms with Crippen LogP contribution < -0.4 is 15.4 Å². The van der Waals surface area contributed by atoms with Gasteiger partial charge in [-0.1, -0.05) is 42.5 Å². The number of amides is 4. The van der Waals surface area contributed by atoms with Crippen molar-refractivity contribution >= 4 is 23.6 Å². The third kappa shape index (κ3) is 7.81. The van der Waals surface area contributed by atoms with Crippen molar-refractivity contribution in [2.75, 3.05) is 33.3 Å². The van der Waals surface area contributed by atoms with E-state index < -0.39 is 6.04 Å². The number of carbonyl (C=O) groups is 4. The van der Waals surface area contributed by atoms with Crippen molar-refractivity contribution in [2.24, 2.45) is 5.92 Å². The Hall–Kier alpha value is -3.88. The second-order valence-corrected chi connectivity index (χ2v) is 10.2. The number of nitrogens with one attached hydrogen (secondary N) is 2. The second kappa shape index (κ2) is 13.8. The predicted molar refractivity (Wildman–Crippen MR) is 147 cm³/mol. The number of aryl methyl sites for hydroxylation is 1. The van der Waals surface area contributed by atoms with Gasteiger partial charge in [0, 0.05) is 57.9 Å². The van der Waals surface area contributed by atoms with Gasteiger partial charge in [0.15, 0.2) is 0 Å². The Kier molecular flexibility index (Phi) is 9.94. The van der Waals surface area contributed by atoms with E-state index in [-0.39, 0.29) is 42.5 Å². The molecule has 0 aromatic heterocycles. The zero-order valence-electron chi connectivity index (χ0n) is 22.6. The Balaban J connectivity index is 1.53. The highest BCUT2D eigenvalue weighted by Gasteiger charge is 2.38. The quantitative estimate of drug-likeness (QED) is 0.435. The summed E-state index contributed by atoms with van der Waals surface area (Å²) in [5.74, 6) is 0.166. The Labute approximate surface area is 229 Å². The van der Waals surface area contributed by atoms with Crippen LogP contribution in [0.15, 0.2) is 54.6 Å². The van der Waals surface area contributed by atoms with Crippen LogP contribution in [0.1, 0.15) is 43.2 Å². The van der Waals surface area contributed by atoms with E-state index in [9.17, 15) is 19.2 Å². The molecule has 39 heavy (non-hydrogen) atoms. The molecule has 2 aliphatic heterocycles. The van der Waals surface area contributed by atoms with Gasteiger partial charge < -0.3 is 25.2 Å². The summed E-state index contributed by atoms with van der Waals surface area (Å²) in [6.07, 6.45) is 2.89. The van der Waals surface area contributed by atoms with Crippen LogP contribution in [-0.4, -0.2) is 72.8 Å². The van der Waals surface area contributed by atoms with Gasteiger partial charge in [0.2, 0.25) is 23.6 Å². The van der Waals surface area contributed by atoms with Gasteiger partial charge in [-0.05, 0) is 42.5 Å². The maximum absolute atomic E-state index is 13.8. The number of hydrogen-bond acceptors (Lipinski definition) is 5. The van der Waals surface area contributed by atoms with E-state index in [1.54, 1.807) is 16.9 Å². The molecule has 2 fully saturated rings. The van der Waals surface area contributed by atoms with Crippen molar-refractivity contribution in [3.8, 4) is 5.75 Å². The van der Waals surface area contributed by atoms with E-state index in [1.165, 1.54) is 0 Å². The van der Waals surface area contributed by atoms with Crippen LogP contribution in [0.25, 0.3) is 0 Å². The van der Waals surface area contributed by atoms with Crippen LogP contribution in [0.3, 0.4) is 0 Å². The molecule has 2 heterocycles. The molecule has 9 nitrogen and oxygen atoms in total. The summed E-state index contributed by atoms with van der Waals surface area (Å²) in [5, 5.41) is 5.90. The van der Waals surface area contributed by atoms with E-state index >= 15 is 0 Å². The highest BCUT2D eigenvalue weighted by atomic mass is 16.5. The molecule has 4 amide bonds. The first kappa shape index (κ1) is 28.1. The standard InChI is InChI=1S/C30H38N4O5/c1-39-25-13-9-22(10-14-25)11-16-28(37)34(19-18-33-17-5-8-27(33)36)29(24-12-15-26(35)31-21-24)30(38)32-20-23-6-3-2-4-7-23/h2-4,6-7,9-10,13-14,24,29H,5,8,11-12,15-21H2,1H3,(H,31,35)(H,32,38). The molecule has 2 atom stereocenters.